The standard InChI is InChI=1S/2Ce.3Cr.12O/q2*+3;;;;;;;;;;6*-1. The molecule has 0 aromatic carbocycles. The summed E-state index contributed by atoms with van der Waals surface area (Å²) in [6.07, 6.45) is 0. The van der Waals surface area contributed by atoms with Gasteiger partial charge in [0.15, 0.2) is 0 Å². The van der Waals surface area contributed by atoms with Crippen molar-refractivity contribution in [2.24, 2.45) is 0 Å². The molecule has 0 amide bonds. The molecule has 0 unspecified atom stereocenters. The van der Waals surface area contributed by atoms with E-state index in [2.05, 4.69) is 0 Å². The Morgan fingerprint density at radius 3 is 0.412 bits per heavy atom. The zero-order valence-corrected chi connectivity index (χ0v) is 17.2. The summed E-state index contributed by atoms with van der Waals surface area (Å²) in [5.41, 5.74) is 0. The average molecular weight is 628 g/mol. The van der Waals surface area contributed by atoms with E-state index in [-0.39, 0.29) is 83.5 Å². The molecule has 0 heterocycles. The third-order valence-electron chi connectivity index (χ3n) is 0. The van der Waals surface area contributed by atoms with Crippen LogP contribution in [0.5, 0.6) is 0 Å². The SMILES string of the molecule is [Ce+3].[Ce+3].[O]=[Cr](=[O])([O-])[O-].[O]=[Cr](=[O])([O-])[O-].[O]=[Cr](=[O])([O-])[O-]. The van der Waals surface area contributed by atoms with Crippen LogP contribution in [0.4, 0.5) is 0 Å². The van der Waals surface area contributed by atoms with Crippen molar-refractivity contribution in [1.29, 1.82) is 0 Å². The Bertz CT molecular complexity index is 341. The van der Waals surface area contributed by atoms with Crippen LogP contribution in [0, 0.1) is 83.5 Å². The zero-order valence-electron chi connectivity index (χ0n) is 7.12. The fourth-order valence-corrected chi connectivity index (χ4v) is 0. The number of rotatable bonds is 0. The van der Waals surface area contributed by atoms with Gasteiger partial charge in [-0.05, 0) is 0 Å². The molecule has 0 bridgehead atoms. The fourth-order valence-electron chi connectivity index (χ4n) is 0. The van der Waals surface area contributed by atoms with E-state index >= 15 is 0 Å². The van der Waals surface area contributed by atoms with Crippen molar-refractivity contribution in [2.45, 2.75) is 0 Å². The summed E-state index contributed by atoms with van der Waals surface area (Å²) in [7, 11) is 0. The van der Waals surface area contributed by atoms with E-state index in [4.69, 9.17) is 47.8 Å². The first-order valence-corrected chi connectivity index (χ1v) is 8.25. The molecular formula is Ce2Cr3O12. The van der Waals surface area contributed by atoms with Crippen molar-refractivity contribution in [1.82, 2.24) is 0 Å². The van der Waals surface area contributed by atoms with Gasteiger partial charge in [-0.2, -0.15) is 0 Å². The van der Waals surface area contributed by atoms with Crippen molar-refractivity contribution >= 4 is 0 Å². The molecule has 0 aliphatic rings. The van der Waals surface area contributed by atoms with Crippen LogP contribution in [0.25, 0.3) is 0 Å². The molecule has 0 atom stereocenters. The molecule has 0 saturated heterocycles. The van der Waals surface area contributed by atoms with Crippen molar-refractivity contribution in [3.63, 3.8) is 0 Å². The molecule has 17 heteroatoms. The van der Waals surface area contributed by atoms with Crippen molar-refractivity contribution in [2.75, 3.05) is 0 Å². The van der Waals surface area contributed by atoms with E-state index in [9.17, 15) is 0 Å². The molecular weight excluding hydrogens is 628 g/mol. The Morgan fingerprint density at radius 1 is 0.412 bits per heavy atom. The monoisotopic (exact) mass is 628 g/mol. The summed E-state index contributed by atoms with van der Waals surface area (Å²) < 4.78 is 103. The predicted octanol–water partition coefficient (Wildman–Crippen LogP) is -7.85. The molecule has 0 aliphatic carbocycles. The summed E-state index contributed by atoms with van der Waals surface area (Å²) in [5.74, 6) is 0. The second kappa shape index (κ2) is 13.9. The Balaban J connectivity index is -0.0000000400. The van der Waals surface area contributed by atoms with Gasteiger partial charge in [-0.25, -0.2) is 0 Å². The van der Waals surface area contributed by atoms with E-state index in [1.54, 1.807) is 0 Å². The molecule has 2 radical (unpaired) electrons. The van der Waals surface area contributed by atoms with Crippen LogP contribution < -0.4 is 24.9 Å². The van der Waals surface area contributed by atoms with Gasteiger partial charge in [0.1, 0.15) is 0 Å². The van der Waals surface area contributed by atoms with Crippen molar-refractivity contribution < 1.29 is 172 Å². The summed E-state index contributed by atoms with van der Waals surface area (Å²) >= 11 is -17.2. The molecule has 0 spiro atoms. The minimum absolute atomic E-state index is 0. The number of hydrogen-bond acceptors (Lipinski definition) is 12. The van der Waals surface area contributed by atoms with Gasteiger partial charge >= 0.3 is 172 Å². The Hall–Kier alpha value is 2.91. The van der Waals surface area contributed by atoms with Gasteiger partial charge in [0, 0.05) is 0 Å². The van der Waals surface area contributed by atoms with Crippen LogP contribution in [-0.4, -0.2) is 0 Å². The maximum atomic E-state index is 8.59. The van der Waals surface area contributed by atoms with Crippen LogP contribution in [-0.2, 0) is 63.7 Å². The van der Waals surface area contributed by atoms with E-state index in [0.29, 0.717) is 0 Å². The van der Waals surface area contributed by atoms with Gasteiger partial charge in [0.2, 0.25) is 0 Å². The van der Waals surface area contributed by atoms with Gasteiger partial charge in [-0.1, -0.05) is 0 Å². The molecule has 0 N–H and O–H groups in total. The van der Waals surface area contributed by atoms with Gasteiger partial charge in [-0.15, -0.1) is 0 Å². The second-order valence-electron chi connectivity index (χ2n) is 1.22. The molecule has 0 aromatic rings. The molecule has 0 fully saturated rings. The summed E-state index contributed by atoms with van der Waals surface area (Å²) in [4.78, 5) is 0. The first kappa shape index (κ1) is 32.0. The van der Waals surface area contributed by atoms with Gasteiger partial charge in [0.05, 0.1) is 0 Å². The topological polar surface area (TPSA) is 241 Å². The maximum absolute atomic E-state index is 8.59. The summed E-state index contributed by atoms with van der Waals surface area (Å²) in [6, 6.07) is 0. The Kier molecular flexibility index (Phi) is 26.1. The molecule has 17 heavy (non-hydrogen) atoms. The normalized spacial score (nSPS) is 10.2. The summed E-state index contributed by atoms with van der Waals surface area (Å²) in [5, 5.41) is 0. The molecule has 12 nitrogen and oxygen atoms in total. The van der Waals surface area contributed by atoms with Crippen LogP contribution >= 0.6 is 0 Å². The van der Waals surface area contributed by atoms with Gasteiger partial charge < -0.3 is 0 Å². The molecule has 0 saturated carbocycles. The predicted molar refractivity (Wildman–Crippen MR) is 4.12 cm³/mol. The van der Waals surface area contributed by atoms with E-state index in [1.165, 1.54) is 0 Å². The molecule has 0 aliphatic heterocycles. The van der Waals surface area contributed by atoms with E-state index in [1.807, 2.05) is 0 Å². The molecule has 98 valence electrons. The van der Waals surface area contributed by atoms with E-state index in [0.717, 1.165) is 0 Å². The van der Waals surface area contributed by atoms with Crippen LogP contribution in [0.3, 0.4) is 0 Å². The zero-order chi connectivity index (χ0) is 13.5. The molecule has 0 aromatic heterocycles. The fraction of sp³-hybridized carbons (Fsp3) is 0. The minimum atomic E-state index is -5.75. The average Bonchev–Trinajstić information content (AvgIpc) is 1.41. The van der Waals surface area contributed by atoms with Crippen molar-refractivity contribution in [3.8, 4) is 0 Å². The molecule has 0 rings (SSSR count). The van der Waals surface area contributed by atoms with Gasteiger partial charge in [0.25, 0.3) is 0 Å². The van der Waals surface area contributed by atoms with Gasteiger partial charge in [-0.3, -0.25) is 0 Å². The van der Waals surface area contributed by atoms with Crippen molar-refractivity contribution in [3.05, 3.63) is 0 Å². The van der Waals surface area contributed by atoms with Crippen LogP contribution in [0.1, 0.15) is 0 Å². The van der Waals surface area contributed by atoms with E-state index < -0.39 is 40.8 Å². The Morgan fingerprint density at radius 2 is 0.412 bits per heavy atom. The number of hydrogen-bond donors (Lipinski definition) is 0. The summed E-state index contributed by atoms with van der Waals surface area (Å²) in [6.45, 7) is 0. The van der Waals surface area contributed by atoms with Crippen LogP contribution in [0.2, 0.25) is 0 Å². The Labute approximate surface area is 168 Å². The first-order chi connectivity index (χ1) is 6.00. The third kappa shape index (κ3) is 638. The first-order valence-electron chi connectivity index (χ1n) is 2.00. The second-order valence-corrected chi connectivity index (χ2v) is 5.05. The third-order valence-corrected chi connectivity index (χ3v) is 0. The quantitative estimate of drug-likeness (QED) is 0.243. The van der Waals surface area contributed by atoms with Crippen LogP contribution in [0.15, 0.2) is 0 Å².